The lowest BCUT2D eigenvalue weighted by Gasteiger charge is -2.08. The van der Waals surface area contributed by atoms with Crippen LogP contribution in [0.2, 0.25) is 0 Å². The van der Waals surface area contributed by atoms with Gasteiger partial charge in [0.05, 0.1) is 6.54 Å². The van der Waals surface area contributed by atoms with Crippen LogP contribution in [-0.2, 0) is 17.9 Å². The molecule has 6 nitrogen and oxygen atoms in total. The van der Waals surface area contributed by atoms with Crippen molar-refractivity contribution in [3.05, 3.63) is 47.7 Å². The van der Waals surface area contributed by atoms with E-state index in [1.165, 1.54) is 12.3 Å². The van der Waals surface area contributed by atoms with E-state index in [0.29, 0.717) is 12.2 Å². The van der Waals surface area contributed by atoms with Crippen molar-refractivity contribution in [2.24, 2.45) is 5.41 Å². The van der Waals surface area contributed by atoms with Crippen molar-refractivity contribution in [3.63, 3.8) is 0 Å². The summed E-state index contributed by atoms with van der Waals surface area (Å²) in [6.45, 7) is 2.47. The van der Waals surface area contributed by atoms with Crippen molar-refractivity contribution in [3.8, 4) is 5.75 Å². The molecule has 2 heterocycles. The van der Waals surface area contributed by atoms with Crippen LogP contribution in [0.25, 0.3) is 10.9 Å². The van der Waals surface area contributed by atoms with Gasteiger partial charge in [-0.1, -0.05) is 12.1 Å². The van der Waals surface area contributed by atoms with Crippen molar-refractivity contribution in [2.45, 2.75) is 32.9 Å². The standard InChI is InChI=1S/C18H18FN3O3/c1-18(3-4-18)17(23)20-9-13-6-11-7-14(19)16(8-15(11)21-13)24-10-12-2-5-25-22-12/h2,5-8,21H,3-4,9-10H2,1H3,(H,20,23). The van der Waals surface area contributed by atoms with Crippen molar-refractivity contribution >= 4 is 16.8 Å². The fourth-order valence-corrected chi connectivity index (χ4v) is 2.67. The Morgan fingerprint density at radius 3 is 3.00 bits per heavy atom. The van der Waals surface area contributed by atoms with Gasteiger partial charge in [0.15, 0.2) is 11.6 Å². The summed E-state index contributed by atoms with van der Waals surface area (Å²) in [6.07, 6.45) is 3.30. The molecule has 7 heteroatoms. The van der Waals surface area contributed by atoms with Crippen molar-refractivity contribution in [1.82, 2.24) is 15.5 Å². The fourth-order valence-electron chi connectivity index (χ4n) is 2.67. The molecule has 1 amide bonds. The lowest BCUT2D eigenvalue weighted by Crippen LogP contribution is -2.29. The number of aromatic amines is 1. The van der Waals surface area contributed by atoms with E-state index in [0.717, 1.165) is 29.4 Å². The molecule has 4 rings (SSSR count). The molecule has 0 atom stereocenters. The monoisotopic (exact) mass is 343 g/mol. The predicted octanol–water partition coefficient (Wildman–Crippen LogP) is 3.29. The summed E-state index contributed by atoms with van der Waals surface area (Å²) < 4.78 is 24.4. The highest BCUT2D eigenvalue weighted by Gasteiger charge is 2.44. The second-order valence-electron chi connectivity index (χ2n) is 6.69. The topological polar surface area (TPSA) is 80.2 Å². The Hall–Kier alpha value is -2.83. The van der Waals surface area contributed by atoms with Crippen LogP contribution in [0.15, 0.2) is 35.1 Å². The van der Waals surface area contributed by atoms with Crippen LogP contribution in [-0.4, -0.2) is 16.0 Å². The first-order chi connectivity index (χ1) is 12.0. The molecule has 0 spiro atoms. The summed E-state index contributed by atoms with van der Waals surface area (Å²) in [5, 5.41) is 7.37. The zero-order valence-corrected chi connectivity index (χ0v) is 13.8. The fraction of sp³-hybridized carbons (Fsp3) is 0.333. The molecule has 1 aliphatic carbocycles. The third-order valence-electron chi connectivity index (χ3n) is 4.58. The first kappa shape index (κ1) is 15.7. The number of hydrogen-bond donors (Lipinski definition) is 2. The van der Waals surface area contributed by atoms with Crippen LogP contribution >= 0.6 is 0 Å². The summed E-state index contributed by atoms with van der Waals surface area (Å²) in [4.78, 5) is 15.2. The van der Waals surface area contributed by atoms with Gasteiger partial charge < -0.3 is 19.6 Å². The Morgan fingerprint density at radius 2 is 2.28 bits per heavy atom. The van der Waals surface area contributed by atoms with Crippen LogP contribution in [0.4, 0.5) is 4.39 Å². The predicted molar refractivity (Wildman–Crippen MR) is 88.3 cm³/mol. The summed E-state index contributed by atoms with van der Waals surface area (Å²) in [5.74, 6) is -0.247. The molecule has 0 saturated heterocycles. The maximum Gasteiger partial charge on any atom is 0.226 e. The molecule has 2 aromatic heterocycles. The minimum Gasteiger partial charge on any atom is -0.484 e. The van der Waals surface area contributed by atoms with Gasteiger partial charge in [-0.2, -0.15) is 0 Å². The molecular weight excluding hydrogens is 325 g/mol. The molecular formula is C18H18FN3O3. The van der Waals surface area contributed by atoms with E-state index in [1.54, 1.807) is 12.1 Å². The average molecular weight is 343 g/mol. The largest absolute Gasteiger partial charge is 0.484 e. The third kappa shape index (κ3) is 3.22. The number of ether oxygens (including phenoxy) is 1. The molecule has 3 aromatic rings. The second-order valence-corrected chi connectivity index (χ2v) is 6.69. The number of nitrogens with zero attached hydrogens (tertiary/aromatic N) is 1. The first-order valence-electron chi connectivity index (χ1n) is 8.15. The second kappa shape index (κ2) is 5.91. The highest BCUT2D eigenvalue weighted by molar-refractivity contribution is 5.85. The number of fused-ring (bicyclic) bond motifs is 1. The Balaban J connectivity index is 1.47. The molecule has 0 unspecified atom stereocenters. The van der Waals surface area contributed by atoms with E-state index in [2.05, 4.69) is 15.5 Å². The molecule has 1 fully saturated rings. The average Bonchev–Trinajstić information content (AvgIpc) is 3.01. The van der Waals surface area contributed by atoms with Crippen LogP contribution in [0.1, 0.15) is 31.2 Å². The minimum absolute atomic E-state index is 0.0639. The maximum atomic E-state index is 14.2. The van der Waals surface area contributed by atoms with Gasteiger partial charge in [-0.3, -0.25) is 4.79 Å². The van der Waals surface area contributed by atoms with Crippen molar-refractivity contribution in [1.29, 1.82) is 0 Å². The van der Waals surface area contributed by atoms with Crippen LogP contribution < -0.4 is 10.1 Å². The third-order valence-corrected chi connectivity index (χ3v) is 4.58. The smallest absolute Gasteiger partial charge is 0.226 e. The highest BCUT2D eigenvalue weighted by Crippen LogP contribution is 2.45. The molecule has 1 saturated carbocycles. The number of nitrogens with one attached hydrogen (secondary N) is 2. The zero-order valence-electron chi connectivity index (χ0n) is 13.8. The summed E-state index contributed by atoms with van der Waals surface area (Å²) in [7, 11) is 0. The number of H-pyrrole nitrogens is 1. The van der Waals surface area contributed by atoms with Gasteiger partial charge >= 0.3 is 0 Å². The Morgan fingerprint density at radius 1 is 1.44 bits per heavy atom. The van der Waals surface area contributed by atoms with E-state index < -0.39 is 5.82 Å². The van der Waals surface area contributed by atoms with Gasteiger partial charge in [0.25, 0.3) is 0 Å². The van der Waals surface area contributed by atoms with Crippen LogP contribution in [0, 0.1) is 11.2 Å². The molecule has 1 aromatic carbocycles. The number of amides is 1. The van der Waals surface area contributed by atoms with Gasteiger partial charge in [-0.15, -0.1) is 0 Å². The van der Waals surface area contributed by atoms with E-state index in [9.17, 15) is 9.18 Å². The van der Waals surface area contributed by atoms with Crippen molar-refractivity contribution < 1.29 is 18.4 Å². The van der Waals surface area contributed by atoms with E-state index in [-0.39, 0.29) is 23.7 Å². The van der Waals surface area contributed by atoms with E-state index in [1.807, 2.05) is 13.0 Å². The lowest BCUT2D eigenvalue weighted by molar-refractivity contribution is -0.125. The van der Waals surface area contributed by atoms with Gasteiger partial charge in [0.1, 0.15) is 18.6 Å². The number of carbonyl (C=O) groups is 1. The van der Waals surface area contributed by atoms with Crippen LogP contribution in [0.3, 0.4) is 0 Å². The normalized spacial score (nSPS) is 15.3. The van der Waals surface area contributed by atoms with Gasteiger partial charge in [-0.25, -0.2) is 4.39 Å². The minimum atomic E-state index is -0.448. The van der Waals surface area contributed by atoms with Crippen molar-refractivity contribution in [2.75, 3.05) is 0 Å². The molecule has 0 aliphatic heterocycles. The molecule has 2 N–H and O–H groups in total. The molecule has 0 bridgehead atoms. The summed E-state index contributed by atoms with van der Waals surface area (Å²) >= 11 is 0. The summed E-state index contributed by atoms with van der Waals surface area (Å²) in [6, 6.07) is 6.51. The van der Waals surface area contributed by atoms with E-state index >= 15 is 0 Å². The van der Waals surface area contributed by atoms with Gasteiger partial charge in [-0.05, 0) is 25.0 Å². The molecule has 25 heavy (non-hydrogen) atoms. The van der Waals surface area contributed by atoms with Crippen LogP contribution in [0.5, 0.6) is 5.75 Å². The Bertz CT molecular complexity index is 913. The number of rotatable bonds is 6. The van der Waals surface area contributed by atoms with Gasteiger partial charge in [0.2, 0.25) is 5.91 Å². The van der Waals surface area contributed by atoms with E-state index in [4.69, 9.17) is 9.26 Å². The molecule has 1 aliphatic rings. The number of carbonyl (C=O) groups excluding carboxylic acids is 1. The number of halogens is 1. The quantitative estimate of drug-likeness (QED) is 0.720. The number of aromatic nitrogens is 2. The Labute approximate surface area is 143 Å². The summed E-state index contributed by atoms with van der Waals surface area (Å²) in [5.41, 5.74) is 1.95. The molecule has 130 valence electrons. The zero-order chi connectivity index (χ0) is 17.4. The van der Waals surface area contributed by atoms with Gasteiger partial charge in [0, 0.05) is 34.1 Å². The maximum absolute atomic E-state index is 14.2. The number of hydrogen-bond acceptors (Lipinski definition) is 4. The highest BCUT2D eigenvalue weighted by atomic mass is 19.1. The SMILES string of the molecule is CC1(C(=O)NCc2cc3cc(F)c(OCc4ccon4)cc3[nH]2)CC1. The number of benzene rings is 1. The lowest BCUT2D eigenvalue weighted by atomic mass is 10.1. The Kier molecular flexibility index (Phi) is 3.71. The first-order valence-corrected chi connectivity index (χ1v) is 8.15. The molecule has 0 radical (unpaired) electrons.